The van der Waals surface area contributed by atoms with E-state index in [-0.39, 0.29) is 12.5 Å². The molecule has 2 rings (SSSR count). The van der Waals surface area contributed by atoms with Crippen LogP contribution in [0.3, 0.4) is 0 Å². The highest BCUT2D eigenvalue weighted by Gasteiger charge is 2.53. The monoisotopic (exact) mass is 408 g/mol. The van der Waals surface area contributed by atoms with Crippen LogP contribution in [0.15, 0.2) is 24.3 Å². The van der Waals surface area contributed by atoms with Gasteiger partial charge < -0.3 is 15.2 Å². The van der Waals surface area contributed by atoms with E-state index in [1.165, 1.54) is 0 Å². The first-order valence-electron chi connectivity index (χ1n) is 9.57. The molecule has 0 unspecified atom stereocenters. The van der Waals surface area contributed by atoms with Gasteiger partial charge in [-0.15, -0.1) is 0 Å². The summed E-state index contributed by atoms with van der Waals surface area (Å²) in [6.45, 7) is 8.64. The zero-order valence-corrected chi connectivity index (χ0v) is 18.5. The van der Waals surface area contributed by atoms with Gasteiger partial charge in [-0.05, 0) is 64.2 Å². The van der Waals surface area contributed by atoms with Crippen LogP contribution in [0.25, 0.3) is 0 Å². The number of carbonyl (C=O) groups is 2. The predicted octanol–water partition coefficient (Wildman–Crippen LogP) is 4.12. The first kappa shape index (κ1) is 22.1. The van der Waals surface area contributed by atoms with E-state index < -0.39 is 19.8 Å². The van der Waals surface area contributed by atoms with E-state index in [1.807, 2.05) is 18.2 Å². The number of carbonyl (C=O) groups excluding carboxylic acids is 2. The van der Waals surface area contributed by atoms with Gasteiger partial charge in [0.25, 0.3) is 0 Å². The van der Waals surface area contributed by atoms with Crippen LogP contribution in [0.4, 0.5) is 0 Å². The minimum atomic E-state index is -1.20. The summed E-state index contributed by atoms with van der Waals surface area (Å²) >= 11 is 6.08. The van der Waals surface area contributed by atoms with E-state index in [4.69, 9.17) is 11.6 Å². The number of aliphatic hydroxyl groups is 1. The molecule has 1 aromatic carbocycles. The molecule has 1 fully saturated rings. The average Bonchev–Trinajstić information content (AvgIpc) is 3.42. The van der Waals surface area contributed by atoms with E-state index in [1.54, 1.807) is 6.07 Å². The number of benzene rings is 1. The maximum atomic E-state index is 13.0. The largest absolute Gasteiger partial charge is 0.393 e. The standard InChI is InChI=1S/C21H30ClNO3Si/c1-19(2,3)27(4)12-6-9-20(14-24,15-25)23-18(26)21(10-11-21)16-7-5-8-17(22)13-16/h5,7-8,13-14,25H,6,9-12,15H2,1-4H3/p+1/t20-/m0/s1. The summed E-state index contributed by atoms with van der Waals surface area (Å²) in [6, 6.07) is 8.36. The van der Waals surface area contributed by atoms with Crippen molar-refractivity contribution >= 4 is 32.6 Å². The van der Waals surface area contributed by atoms with Gasteiger partial charge in [0.1, 0.15) is 11.8 Å². The molecule has 27 heavy (non-hydrogen) atoms. The van der Waals surface area contributed by atoms with Crippen LogP contribution in [-0.2, 0) is 15.0 Å². The van der Waals surface area contributed by atoms with Crippen molar-refractivity contribution in [3.05, 3.63) is 34.9 Å². The minimum absolute atomic E-state index is 0.191. The summed E-state index contributed by atoms with van der Waals surface area (Å²) in [5.41, 5.74) is -0.956. The Morgan fingerprint density at radius 3 is 2.52 bits per heavy atom. The zero-order valence-electron chi connectivity index (χ0n) is 16.8. The van der Waals surface area contributed by atoms with E-state index in [0.29, 0.717) is 22.8 Å². The highest BCUT2D eigenvalue weighted by Crippen LogP contribution is 2.49. The number of halogens is 1. The molecule has 1 atom stereocenters. The molecule has 0 saturated heterocycles. The summed E-state index contributed by atoms with van der Waals surface area (Å²) in [5.74, 6) is -0.191. The van der Waals surface area contributed by atoms with Gasteiger partial charge in [0.05, 0.1) is 29.7 Å². The molecule has 0 aliphatic heterocycles. The molecule has 6 heteroatoms. The van der Waals surface area contributed by atoms with Gasteiger partial charge in [0.2, 0.25) is 5.91 Å². The lowest BCUT2D eigenvalue weighted by Gasteiger charge is -2.29. The lowest BCUT2D eigenvalue weighted by molar-refractivity contribution is -0.130. The van der Waals surface area contributed by atoms with Crippen molar-refractivity contribution in [1.82, 2.24) is 5.32 Å². The van der Waals surface area contributed by atoms with Gasteiger partial charge in [-0.25, -0.2) is 0 Å². The first-order valence-corrected chi connectivity index (χ1v) is 12.2. The molecular weight excluding hydrogens is 378 g/mol. The Morgan fingerprint density at radius 2 is 2.04 bits per heavy atom. The number of hydrogen-bond donors (Lipinski definition) is 2. The Hall–Kier alpha value is -1.17. The van der Waals surface area contributed by atoms with Crippen molar-refractivity contribution in [3.8, 4) is 0 Å². The summed E-state index contributed by atoms with van der Waals surface area (Å²) in [6.07, 6.45) is 3.43. The Bertz CT molecular complexity index is 684. The third-order valence-electron chi connectivity index (χ3n) is 5.89. The molecule has 2 N–H and O–H groups in total. The number of aldehydes is 1. The average molecular weight is 409 g/mol. The van der Waals surface area contributed by atoms with Gasteiger partial charge in [0.15, 0.2) is 0 Å². The Balaban J connectivity index is 2.06. The van der Waals surface area contributed by atoms with Gasteiger partial charge >= 0.3 is 8.80 Å². The van der Waals surface area contributed by atoms with Crippen LogP contribution in [-0.4, -0.2) is 38.2 Å². The number of hydrogen-bond acceptors (Lipinski definition) is 3. The van der Waals surface area contributed by atoms with Gasteiger partial charge in [0, 0.05) is 5.02 Å². The molecular formula is C21H31ClNO3Si+. The molecule has 0 aromatic heterocycles. The summed E-state index contributed by atoms with van der Waals surface area (Å²) in [5, 5.41) is 13.7. The molecule has 148 valence electrons. The van der Waals surface area contributed by atoms with Crippen molar-refractivity contribution in [2.75, 3.05) is 6.61 Å². The van der Waals surface area contributed by atoms with Gasteiger partial charge in [-0.3, -0.25) is 4.79 Å². The van der Waals surface area contributed by atoms with Crippen LogP contribution >= 0.6 is 11.6 Å². The third-order valence-corrected chi connectivity index (χ3v) is 9.79. The fourth-order valence-corrected chi connectivity index (χ4v) is 4.90. The second kappa shape index (κ2) is 8.46. The molecule has 0 radical (unpaired) electrons. The van der Waals surface area contributed by atoms with Crippen LogP contribution in [0, 0.1) is 0 Å². The minimum Gasteiger partial charge on any atom is -0.393 e. The van der Waals surface area contributed by atoms with Crippen molar-refractivity contribution in [3.63, 3.8) is 0 Å². The second-order valence-electron chi connectivity index (χ2n) is 8.86. The SMILES string of the molecule is C[Si+](CCC[C@](C=O)(CO)NC(=O)C1(c2cccc(Cl)c2)CC1)C(C)(C)C. The molecule has 0 spiro atoms. The fraction of sp³-hybridized carbons (Fsp3) is 0.619. The van der Waals surface area contributed by atoms with E-state index >= 15 is 0 Å². The van der Waals surface area contributed by atoms with Crippen molar-refractivity contribution in [1.29, 1.82) is 0 Å². The van der Waals surface area contributed by atoms with Crippen LogP contribution in [0.5, 0.6) is 0 Å². The molecule has 1 aromatic rings. The first-order chi connectivity index (χ1) is 12.6. The Kier molecular flexibility index (Phi) is 6.93. The molecule has 1 amide bonds. The van der Waals surface area contributed by atoms with Gasteiger partial charge in [-0.1, -0.05) is 23.7 Å². The maximum Gasteiger partial charge on any atom is 0.316 e. The van der Waals surface area contributed by atoms with Crippen LogP contribution in [0.1, 0.15) is 52.0 Å². The lowest BCUT2D eigenvalue weighted by atomic mass is 9.91. The van der Waals surface area contributed by atoms with Crippen LogP contribution < -0.4 is 5.32 Å². The number of aliphatic hydroxyl groups excluding tert-OH is 1. The van der Waals surface area contributed by atoms with Crippen molar-refractivity contribution in [2.45, 2.75) is 75.0 Å². The number of amides is 1. The number of rotatable bonds is 9. The third kappa shape index (κ3) is 5.21. The normalized spacial score (nSPS) is 17.7. The maximum absolute atomic E-state index is 13.0. The molecule has 1 aliphatic carbocycles. The smallest absolute Gasteiger partial charge is 0.316 e. The highest BCUT2D eigenvalue weighted by molar-refractivity contribution is 6.60. The summed E-state index contributed by atoms with van der Waals surface area (Å²) in [4.78, 5) is 24.8. The Labute approximate surface area is 169 Å². The predicted molar refractivity (Wildman–Crippen MR) is 112 cm³/mol. The van der Waals surface area contributed by atoms with E-state index in [2.05, 4.69) is 32.6 Å². The second-order valence-corrected chi connectivity index (χ2v) is 12.9. The fourth-order valence-electron chi connectivity index (χ4n) is 3.25. The molecule has 0 heterocycles. The highest BCUT2D eigenvalue weighted by atomic mass is 35.5. The molecule has 4 nitrogen and oxygen atoms in total. The van der Waals surface area contributed by atoms with Gasteiger partial charge in [-0.2, -0.15) is 0 Å². The molecule has 1 aliphatic rings. The lowest BCUT2D eigenvalue weighted by Crippen LogP contribution is -2.55. The van der Waals surface area contributed by atoms with Crippen LogP contribution in [0.2, 0.25) is 22.7 Å². The van der Waals surface area contributed by atoms with Crippen molar-refractivity contribution < 1.29 is 14.7 Å². The van der Waals surface area contributed by atoms with Crippen molar-refractivity contribution in [2.24, 2.45) is 0 Å². The molecule has 1 saturated carbocycles. The topological polar surface area (TPSA) is 66.4 Å². The Morgan fingerprint density at radius 1 is 1.37 bits per heavy atom. The summed E-state index contributed by atoms with van der Waals surface area (Å²) in [7, 11) is -0.559. The van der Waals surface area contributed by atoms with E-state index in [9.17, 15) is 14.7 Å². The van der Waals surface area contributed by atoms with E-state index in [0.717, 1.165) is 30.9 Å². The molecule has 0 bridgehead atoms. The summed E-state index contributed by atoms with van der Waals surface area (Å²) < 4.78 is 0. The number of nitrogens with one attached hydrogen (secondary N) is 1. The zero-order chi connectivity index (χ0) is 20.3. The quantitative estimate of drug-likeness (QED) is 0.477.